The minimum atomic E-state index is -0.906. The second-order valence-corrected chi connectivity index (χ2v) is 11.5. The topological polar surface area (TPSA) is 149 Å². The highest BCUT2D eigenvalue weighted by Gasteiger charge is 2.32. The van der Waals surface area contributed by atoms with E-state index in [2.05, 4.69) is 20.8 Å². The van der Waals surface area contributed by atoms with E-state index in [4.69, 9.17) is 14.6 Å². The van der Waals surface area contributed by atoms with Gasteiger partial charge in [-0.05, 0) is 44.7 Å². The van der Waals surface area contributed by atoms with Gasteiger partial charge in [0, 0.05) is 44.2 Å². The third kappa shape index (κ3) is 8.29. The maximum atomic E-state index is 12.2. The summed E-state index contributed by atoms with van der Waals surface area (Å²) in [4.78, 5) is 23.0. The Balaban J connectivity index is 1.29. The molecule has 1 aromatic heterocycles. The van der Waals surface area contributed by atoms with Crippen LogP contribution in [0.1, 0.15) is 60.3 Å². The predicted molar refractivity (Wildman–Crippen MR) is 163 cm³/mol. The number of benzene rings is 3. The smallest absolute Gasteiger partial charge is 0.303 e. The zero-order valence-corrected chi connectivity index (χ0v) is 25.2. The van der Waals surface area contributed by atoms with E-state index in [1.54, 1.807) is 11.7 Å². The Morgan fingerprint density at radius 3 is 2.45 bits per heavy atom. The van der Waals surface area contributed by atoms with E-state index in [1.807, 2.05) is 72.8 Å². The van der Waals surface area contributed by atoms with Gasteiger partial charge in [0.1, 0.15) is 0 Å². The maximum absolute atomic E-state index is 12.2. The number of tetrazole rings is 1. The number of aryl methyl sites for hydroxylation is 1. The van der Waals surface area contributed by atoms with Gasteiger partial charge < -0.3 is 25.0 Å². The summed E-state index contributed by atoms with van der Waals surface area (Å²) in [5, 5.41) is 33.6. The number of hydrogen-bond acceptors (Lipinski definition) is 9. The molecule has 1 aliphatic rings. The number of carboxylic acids is 1. The number of nitrogens with one attached hydrogen (secondary N) is 1. The van der Waals surface area contributed by atoms with Crippen molar-refractivity contribution in [2.45, 2.75) is 62.5 Å². The fourth-order valence-electron chi connectivity index (χ4n) is 4.99. The number of carbonyl (C=O) groups is 2. The number of aromatic nitrogens is 4. The fourth-order valence-corrected chi connectivity index (χ4v) is 5.86. The van der Waals surface area contributed by atoms with Gasteiger partial charge in [0.15, 0.2) is 6.29 Å². The minimum absolute atomic E-state index is 0.0167. The molecule has 0 aliphatic carbocycles. The number of hydrogen-bond donors (Lipinski definition) is 3. The molecule has 44 heavy (non-hydrogen) atoms. The molecule has 0 spiro atoms. The zero-order chi connectivity index (χ0) is 30.9. The molecule has 1 fully saturated rings. The zero-order valence-electron chi connectivity index (χ0n) is 24.3. The number of aliphatic hydroxyl groups is 1. The van der Waals surface area contributed by atoms with Crippen molar-refractivity contribution in [2.75, 3.05) is 5.75 Å². The summed E-state index contributed by atoms with van der Waals surface area (Å²) in [5.41, 5.74) is 5.67. The molecule has 5 rings (SSSR count). The first-order chi connectivity index (χ1) is 21.4. The Hall–Kier alpha value is -4.10. The number of carboxylic acid groups (broad SMARTS) is 1. The normalized spacial score (nSPS) is 18.2. The molecule has 11 nitrogen and oxygen atoms in total. The van der Waals surface area contributed by atoms with E-state index in [9.17, 15) is 14.7 Å². The fraction of sp³-hybridized carbons (Fsp3) is 0.344. The third-order valence-electron chi connectivity index (χ3n) is 7.38. The van der Waals surface area contributed by atoms with Crippen molar-refractivity contribution in [2.24, 2.45) is 7.05 Å². The molecule has 1 aliphatic heterocycles. The van der Waals surface area contributed by atoms with E-state index < -0.39 is 12.3 Å². The van der Waals surface area contributed by atoms with Crippen molar-refractivity contribution >= 4 is 23.6 Å². The van der Waals surface area contributed by atoms with Crippen LogP contribution in [0.15, 0.2) is 78.0 Å². The number of nitrogens with zero attached hydrogens (tertiary/aromatic N) is 4. The Labute approximate surface area is 259 Å². The summed E-state index contributed by atoms with van der Waals surface area (Å²) in [6.07, 6.45) is 0.180. The first-order valence-electron chi connectivity index (χ1n) is 14.4. The van der Waals surface area contributed by atoms with Gasteiger partial charge in [0.05, 0.1) is 18.8 Å². The van der Waals surface area contributed by atoms with Crippen LogP contribution >= 0.6 is 11.8 Å². The first-order valence-corrected chi connectivity index (χ1v) is 15.4. The molecule has 2 heterocycles. The summed E-state index contributed by atoms with van der Waals surface area (Å²) < 4.78 is 14.6. The second-order valence-electron chi connectivity index (χ2n) is 10.5. The van der Waals surface area contributed by atoms with Crippen LogP contribution in [0, 0.1) is 0 Å². The standard InChI is InChI=1S/C32H35N5O6S/c1-37-32(34-35-36-37)44-20-26-17-28(23-11-9-21(19-38)10-12-23)43-31(42-26)24-15-13-22(14-16-24)27-6-3-2-5-25(27)18-33-29(39)7-4-8-30(40)41/h2-3,5-6,9-16,26,28,31,38H,4,7-8,17-20H2,1H3,(H,33,39)(H,40,41)/t26-,28+,31+/m0/s1. The average Bonchev–Trinajstić information content (AvgIpc) is 3.47. The van der Waals surface area contributed by atoms with Crippen LogP contribution in [0.5, 0.6) is 0 Å². The molecule has 3 aromatic carbocycles. The molecule has 3 N–H and O–H groups in total. The quantitative estimate of drug-likeness (QED) is 0.182. The van der Waals surface area contributed by atoms with Gasteiger partial charge in [-0.25, -0.2) is 4.68 Å². The van der Waals surface area contributed by atoms with E-state index in [0.717, 1.165) is 33.4 Å². The van der Waals surface area contributed by atoms with Gasteiger partial charge in [-0.1, -0.05) is 84.6 Å². The summed E-state index contributed by atoms with van der Waals surface area (Å²) >= 11 is 1.53. The summed E-state index contributed by atoms with van der Waals surface area (Å²) in [6.45, 7) is 0.326. The van der Waals surface area contributed by atoms with Gasteiger partial charge in [-0.2, -0.15) is 0 Å². The van der Waals surface area contributed by atoms with Crippen molar-refractivity contribution < 1.29 is 29.3 Å². The number of aliphatic carboxylic acids is 1. The maximum Gasteiger partial charge on any atom is 0.303 e. The lowest BCUT2D eigenvalue weighted by Crippen LogP contribution is -2.31. The van der Waals surface area contributed by atoms with Crippen molar-refractivity contribution in [3.8, 4) is 11.1 Å². The molecular formula is C32H35N5O6S. The highest BCUT2D eigenvalue weighted by molar-refractivity contribution is 7.99. The molecule has 4 aromatic rings. The summed E-state index contributed by atoms with van der Waals surface area (Å²) in [6, 6.07) is 23.7. The number of ether oxygens (including phenoxy) is 2. The number of thioether (sulfide) groups is 1. The van der Waals surface area contributed by atoms with Crippen molar-refractivity contribution in [1.29, 1.82) is 0 Å². The van der Waals surface area contributed by atoms with E-state index in [-0.39, 0.29) is 37.6 Å². The van der Waals surface area contributed by atoms with Crippen LogP contribution in [-0.2, 0) is 39.3 Å². The molecular weight excluding hydrogens is 582 g/mol. The van der Waals surface area contributed by atoms with Crippen LogP contribution in [0.25, 0.3) is 11.1 Å². The van der Waals surface area contributed by atoms with Crippen LogP contribution < -0.4 is 5.32 Å². The lowest BCUT2D eigenvalue weighted by atomic mass is 9.97. The highest BCUT2D eigenvalue weighted by Crippen LogP contribution is 2.39. The summed E-state index contributed by atoms with van der Waals surface area (Å²) in [7, 11) is 1.80. The minimum Gasteiger partial charge on any atom is -0.481 e. The molecule has 3 atom stereocenters. The highest BCUT2D eigenvalue weighted by atomic mass is 32.2. The van der Waals surface area contributed by atoms with Crippen molar-refractivity contribution in [1.82, 2.24) is 25.5 Å². The van der Waals surface area contributed by atoms with Gasteiger partial charge >= 0.3 is 5.97 Å². The largest absolute Gasteiger partial charge is 0.481 e. The first kappa shape index (κ1) is 31.3. The van der Waals surface area contributed by atoms with Crippen molar-refractivity contribution in [3.05, 3.63) is 95.1 Å². The molecule has 0 radical (unpaired) electrons. The second kappa shape index (κ2) is 15.1. The van der Waals surface area contributed by atoms with Crippen LogP contribution in [0.4, 0.5) is 0 Å². The Morgan fingerprint density at radius 2 is 1.75 bits per heavy atom. The van der Waals surface area contributed by atoms with Crippen LogP contribution in [0.2, 0.25) is 0 Å². The summed E-state index contributed by atoms with van der Waals surface area (Å²) in [5.74, 6) is -0.434. The van der Waals surface area contributed by atoms with Gasteiger partial charge in [0.25, 0.3) is 0 Å². The number of carbonyl (C=O) groups excluding carboxylic acids is 1. The van der Waals surface area contributed by atoms with E-state index >= 15 is 0 Å². The van der Waals surface area contributed by atoms with E-state index in [0.29, 0.717) is 30.3 Å². The van der Waals surface area contributed by atoms with Crippen LogP contribution in [0.3, 0.4) is 0 Å². The van der Waals surface area contributed by atoms with Crippen LogP contribution in [-0.4, -0.2) is 54.2 Å². The lowest BCUT2D eigenvalue weighted by Gasteiger charge is -2.36. The van der Waals surface area contributed by atoms with Crippen molar-refractivity contribution in [3.63, 3.8) is 0 Å². The molecule has 0 unspecified atom stereocenters. The van der Waals surface area contributed by atoms with Gasteiger partial charge in [-0.3, -0.25) is 9.59 Å². The molecule has 1 amide bonds. The molecule has 0 saturated carbocycles. The van der Waals surface area contributed by atoms with Gasteiger partial charge in [0.2, 0.25) is 11.1 Å². The molecule has 12 heteroatoms. The number of rotatable bonds is 13. The Kier molecular flexibility index (Phi) is 10.7. The third-order valence-corrected chi connectivity index (χ3v) is 8.52. The SMILES string of the molecule is Cn1nnnc1SC[C@@H]1C[C@H](c2ccc(CO)cc2)O[C@H](c2ccc(-c3ccccc3CNC(=O)CCCC(=O)O)cc2)O1. The Morgan fingerprint density at radius 1 is 1.00 bits per heavy atom. The molecule has 1 saturated heterocycles. The number of aliphatic hydroxyl groups excluding tert-OH is 1. The lowest BCUT2D eigenvalue weighted by molar-refractivity contribution is -0.245. The predicted octanol–water partition coefficient (Wildman–Crippen LogP) is 4.58. The Bertz CT molecular complexity index is 1550. The van der Waals surface area contributed by atoms with E-state index in [1.165, 1.54) is 11.8 Å². The molecule has 230 valence electrons. The number of amides is 1. The monoisotopic (exact) mass is 617 g/mol. The average molecular weight is 618 g/mol. The molecule has 0 bridgehead atoms. The van der Waals surface area contributed by atoms with Gasteiger partial charge in [-0.15, -0.1) is 5.10 Å².